The number of nitrogens with zero attached hydrogens (tertiary/aromatic N) is 1. The van der Waals surface area contributed by atoms with Crippen LogP contribution in [0.1, 0.15) is 18.5 Å². The number of rotatable bonds is 3. The van der Waals surface area contributed by atoms with E-state index in [0.717, 1.165) is 4.47 Å². The van der Waals surface area contributed by atoms with Gasteiger partial charge in [-0.2, -0.15) is 0 Å². The van der Waals surface area contributed by atoms with Gasteiger partial charge in [0.15, 0.2) is 0 Å². The largest absolute Gasteiger partial charge is 0.363 e. The van der Waals surface area contributed by atoms with Crippen LogP contribution >= 0.6 is 27.5 Å². The van der Waals surface area contributed by atoms with E-state index in [4.69, 9.17) is 11.6 Å². The summed E-state index contributed by atoms with van der Waals surface area (Å²) in [7, 11) is 0. The first-order valence-electron chi connectivity index (χ1n) is 5.40. The van der Waals surface area contributed by atoms with Gasteiger partial charge in [0, 0.05) is 11.8 Å². The lowest BCUT2D eigenvalue weighted by Crippen LogP contribution is -2.10. The molecule has 0 aliphatic carbocycles. The van der Waals surface area contributed by atoms with Gasteiger partial charge in [0.25, 0.3) is 0 Å². The number of halogens is 3. The molecule has 0 aliphatic heterocycles. The molecule has 0 saturated carbocycles. The number of pyridine rings is 1. The van der Waals surface area contributed by atoms with Crippen LogP contribution in [-0.4, -0.2) is 4.98 Å². The molecule has 0 bridgehead atoms. The third-order valence-electron chi connectivity index (χ3n) is 2.53. The Labute approximate surface area is 118 Å². The van der Waals surface area contributed by atoms with Crippen LogP contribution in [0.5, 0.6) is 0 Å². The van der Waals surface area contributed by atoms with Crippen LogP contribution in [0.15, 0.2) is 41.0 Å². The molecule has 2 rings (SSSR count). The van der Waals surface area contributed by atoms with E-state index in [1.165, 1.54) is 6.07 Å². The van der Waals surface area contributed by atoms with Crippen LogP contribution in [0.2, 0.25) is 5.02 Å². The number of hydrogen-bond donors (Lipinski definition) is 1. The topological polar surface area (TPSA) is 24.9 Å². The Bertz CT molecular complexity index is 562. The van der Waals surface area contributed by atoms with E-state index in [-0.39, 0.29) is 11.9 Å². The van der Waals surface area contributed by atoms with E-state index in [0.29, 0.717) is 16.4 Å². The molecule has 1 heterocycles. The van der Waals surface area contributed by atoms with E-state index in [9.17, 15) is 4.39 Å². The first-order valence-corrected chi connectivity index (χ1v) is 6.57. The Kier molecular flexibility index (Phi) is 4.19. The van der Waals surface area contributed by atoms with Gasteiger partial charge in [0.1, 0.15) is 11.6 Å². The molecule has 94 valence electrons. The molecule has 1 unspecified atom stereocenters. The van der Waals surface area contributed by atoms with Crippen molar-refractivity contribution < 1.29 is 4.39 Å². The molecule has 1 N–H and O–H groups in total. The van der Waals surface area contributed by atoms with Gasteiger partial charge in [-0.25, -0.2) is 9.37 Å². The summed E-state index contributed by atoms with van der Waals surface area (Å²) in [6.07, 6.45) is 1.54. The summed E-state index contributed by atoms with van der Waals surface area (Å²) >= 11 is 9.18. The SMILES string of the molecule is CC(Nc1ncc(Cl)cc1Br)c1ccccc1F. The summed E-state index contributed by atoms with van der Waals surface area (Å²) in [5, 5.41) is 3.69. The normalized spacial score (nSPS) is 12.2. The predicted molar refractivity (Wildman–Crippen MR) is 75.4 cm³/mol. The Balaban J connectivity index is 2.21. The molecule has 18 heavy (non-hydrogen) atoms. The molecule has 0 spiro atoms. The fourth-order valence-electron chi connectivity index (χ4n) is 1.63. The minimum atomic E-state index is -0.234. The predicted octanol–water partition coefficient (Wildman–Crippen LogP) is 4.81. The maximum Gasteiger partial charge on any atom is 0.140 e. The zero-order valence-corrected chi connectivity index (χ0v) is 12.0. The summed E-state index contributed by atoms with van der Waals surface area (Å²) in [4.78, 5) is 4.16. The highest BCUT2D eigenvalue weighted by Gasteiger charge is 2.12. The fraction of sp³-hybridized carbons (Fsp3) is 0.154. The van der Waals surface area contributed by atoms with E-state index >= 15 is 0 Å². The zero-order chi connectivity index (χ0) is 13.1. The van der Waals surface area contributed by atoms with Gasteiger partial charge in [-0.05, 0) is 35.0 Å². The van der Waals surface area contributed by atoms with Gasteiger partial charge in [0.2, 0.25) is 0 Å². The Morgan fingerprint density at radius 3 is 2.78 bits per heavy atom. The van der Waals surface area contributed by atoms with Gasteiger partial charge < -0.3 is 5.32 Å². The molecule has 1 aromatic heterocycles. The third kappa shape index (κ3) is 3.00. The van der Waals surface area contributed by atoms with E-state index in [1.807, 2.05) is 6.92 Å². The second-order valence-electron chi connectivity index (χ2n) is 3.87. The molecule has 0 amide bonds. The quantitative estimate of drug-likeness (QED) is 0.874. The second kappa shape index (κ2) is 5.67. The first kappa shape index (κ1) is 13.3. The average molecular weight is 330 g/mol. The zero-order valence-electron chi connectivity index (χ0n) is 9.62. The van der Waals surface area contributed by atoms with Gasteiger partial charge in [-0.3, -0.25) is 0 Å². The van der Waals surface area contributed by atoms with Crippen molar-refractivity contribution in [1.82, 2.24) is 4.98 Å². The number of benzene rings is 1. The maximum absolute atomic E-state index is 13.6. The Morgan fingerprint density at radius 2 is 2.11 bits per heavy atom. The minimum Gasteiger partial charge on any atom is -0.363 e. The minimum absolute atomic E-state index is 0.184. The maximum atomic E-state index is 13.6. The lowest BCUT2D eigenvalue weighted by Gasteiger charge is -2.16. The third-order valence-corrected chi connectivity index (χ3v) is 3.34. The Hall–Kier alpha value is -1.13. The molecular formula is C13H11BrClFN2. The summed E-state index contributed by atoms with van der Waals surface area (Å²) in [5.74, 6) is 0.401. The monoisotopic (exact) mass is 328 g/mol. The molecule has 5 heteroatoms. The summed E-state index contributed by atoms with van der Waals surface area (Å²) in [6.45, 7) is 1.88. The molecular weight excluding hydrogens is 319 g/mol. The lowest BCUT2D eigenvalue weighted by molar-refractivity contribution is 0.600. The van der Waals surface area contributed by atoms with Crippen molar-refractivity contribution in [2.45, 2.75) is 13.0 Å². The summed E-state index contributed by atoms with van der Waals surface area (Å²) in [5.41, 5.74) is 0.598. The summed E-state index contributed by atoms with van der Waals surface area (Å²) < 4.78 is 14.4. The van der Waals surface area contributed by atoms with Crippen LogP contribution in [0.3, 0.4) is 0 Å². The smallest absolute Gasteiger partial charge is 0.140 e. The number of anilines is 1. The van der Waals surface area contributed by atoms with Crippen molar-refractivity contribution in [3.05, 3.63) is 57.4 Å². The molecule has 0 saturated heterocycles. The number of aromatic nitrogens is 1. The van der Waals surface area contributed by atoms with E-state index in [1.54, 1.807) is 30.5 Å². The van der Waals surface area contributed by atoms with Crippen molar-refractivity contribution in [3.63, 3.8) is 0 Å². The van der Waals surface area contributed by atoms with Gasteiger partial charge in [0.05, 0.1) is 15.5 Å². The molecule has 1 aromatic carbocycles. The highest BCUT2D eigenvalue weighted by atomic mass is 79.9. The van der Waals surface area contributed by atoms with Gasteiger partial charge in [-0.15, -0.1) is 0 Å². The second-order valence-corrected chi connectivity index (χ2v) is 5.16. The molecule has 2 aromatic rings. The Morgan fingerprint density at radius 1 is 1.39 bits per heavy atom. The van der Waals surface area contributed by atoms with Gasteiger partial charge >= 0.3 is 0 Å². The molecule has 0 aliphatic rings. The lowest BCUT2D eigenvalue weighted by atomic mass is 10.1. The number of nitrogens with one attached hydrogen (secondary N) is 1. The average Bonchev–Trinajstić information content (AvgIpc) is 2.33. The van der Waals surface area contributed by atoms with E-state index in [2.05, 4.69) is 26.2 Å². The first-order chi connectivity index (χ1) is 8.58. The molecule has 0 radical (unpaired) electrons. The van der Waals surface area contributed by atoms with Gasteiger partial charge in [-0.1, -0.05) is 29.8 Å². The molecule has 0 fully saturated rings. The van der Waals surface area contributed by atoms with Crippen molar-refractivity contribution in [2.24, 2.45) is 0 Å². The van der Waals surface area contributed by atoms with Crippen LogP contribution in [0.4, 0.5) is 10.2 Å². The highest BCUT2D eigenvalue weighted by Crippen LogP contribution is 2.27. The standard InChI is InChI=1S/C13H11BrClFN2/c1-8(10-4-2-3-5-12(10)16)18-13-11(14)6-9(15)7-17-13/h2-8H,1H3,(H,17,18). The van der Waals surface area contributed by atoms with Crippen LogP contribution in [0.25, 0.3) is 0 Å². The van der Waals surface area contributed by atoms with Crippen LogP contribution < -0.4 is 5.32 Å². The van der Waals surface area contributed by atoms with Crippen LogP contribution in [0, 0.1) is 5.82 Å². The highest BCUT2D eigenvalue weighted by molar-refractivity contribution is 9.10. The molecule has 2 nitrogen and oxygen atoms in total. The van der Waals surface area contributed by atoms with Crippen LogP contribution in [-0.2, 0) is 0 Å². The van der Waals surface area contributed by atoms with E-state index < -0.39 is 0 Å². The summed E-state index contributed by atoms with van der Waals surface area (Å²) in [6, 6.07) is 8.22. The molecule has 1 atom stereocenters. The fourth-order valence-corrected chi connectivity index (χ4v) is 2.38. The van der Waals surface area contributed by atoms with Crippen molar-refractivity contribution in [2.75, 3.05) is 5.32 Å². The van der Waals surface area contributed by atoms with Crippen molar-refractivity contribution in [3.8, 4) is 0 Å². The number of hydrogen-bond acceptors (Lipinski definition) is 2. The van der Waals surface area contributed by atoms with Crippen molar-refractivity contribution >= 4 is 33.3 Å². The van der Waals surface area contributed by atoms with Crippen molar-refractivity contribution in [1.29, 1.82) is 0 Å².